The van der Waals surface area contributed by atoms with E-state index in [9.17, 15) is 13.2 Å². The number of hydrogen-bond acceptors (Lipinski definition) is 5. The molecule has 2 unspecified atom stereocenters. The Morgan fingerprint density at radius 2 is 2.00 bits per heavy atom. The zero-order valence-electron chi connectivity index (χ0n) is 9.89. The van der Waals surface area contributed by atoms with Gasteiger partial charge in [-0.25, -0.2) is 8.42 Å². The third-order valence-electron chi connectivity index (χ3n) is 3.64. The van der Waals surface area contributed by atoms with Crippen LogP contribution in [0.25, 0.3) is 0 Å². The Labute approximate surface area is 101 Å². The fourth-order valence-electron chi connectivity index (χ4n) is 2.19. The van der Waals surface area contributed by atoms with Crippen LogP contribution in [0.4, 0.5) is 0 Å². The second-order valence-corrected chi connectivity index (χ2v) is 7.29. The van der Waals surface area contributed by atoms with Gasteiger partial charge in [-0.15, -0.1) is 0 Å². The van der Waals surface area contributed by atoms with Crippen LogP contribution in [-0.4, -0.2) is 63.1 Å². The first-order chi connectivity index (χ1) is 7.85. The van der Waals surface area contributed by atoms with E-state index in [1.165, 1.54) is 0 Å². The molecule has 2 N–H and O–H groups in total. The van der Waals surface area contributed by atoms with Gasteiger partial charge >= 0.3 is 0 Å². The van der Waals surface area contributed by atoms with Crippen molar-refractivity contribution in [3.8, 4) is 0 Å². The molecule has 2 heterocycles. The van der Waals surface area contributed by atoms with Crippen molar-refractivity contribution in [3.05, 3.63) is 0 Å². The number of rotatable bonds is 1. The normalized spacial score (nSPS) is 37.1. The van der Waals surface area contributed by atoms with Gasteiger partial charge in [-0.05, 0) is 6.92 Å². The molecule has 0 aliphatic carbocycles. The lowest BCUT2D eigenvalue weighted by molar-refractivity contribution is -0.141. The molecule has 2 atom stereocenters. The molecule has 7 heteroatoms. The molecule has 1 amide bonds. The van der Waals surface area contributed by atoms with Gasteiger partial charge in [0, 0.05) is 19.1 Å². The average Bonchev–Trinajstić information content (AvgIpc) is 2.60. The number of carbonyl (C=O) groups excluding carboxylic acids is 1. The van der Waals surface area contributed by atoms with Crippen molar-refractivity contribution >= 4 is 15.7 Å². The third kappa shape index (κ3) is 2.31. The number of amides is 1. The average molecular weight is 262 g/mol. The largest absolute Gasteiger partial charge is 0.379 e. The molecule has 6 nitrogen and oxygen atoms in total. The minimum Gasteiger partial charge on any atom is -0.379 e. The Kier molecular flexibility index (Phi) is 3.17. The molecule has 98 valence electrons. The van der Waals surface area contributed by atoms with Gasteiger partial charge in [0.25, 0.3) is 0 Å². The summed E-state index contributed by atoms with van der Waals surface area (Å²) < 4.78 is 27.8. The van der Waals surface area contributed by atoms with E-state index in [0.29, 0.717) is 13.2 Å². The molecule has 2 rings (SSSR count). The maximum absolute atomic E-state index is 12.3. The minimum absolute atomic E-state index is 0.0465. The molecular weight excluding hydrogens is 244 g/mol. The smallest absolute Gasteiger partial charge is 0.232 e. The molecule has 0 bridgehead atoms. The lowest BCUT2D eigenvalue weighted by atomic mass is 9.84. The molecule has 17 heavy (non-hydrogen) atoms. The highest BCUT2D eigenvalue weighted by Gasteiger charge is 2.47. The predicted molar refractivity (Wildman–Crippen MR) is 62.1 cm³/mol. The quantitative estimate of drug-likeness (QED) is 0.628. The Morgan fingerprint density at radius 3 is 2.47 bits per heavy atom. The van der Waals surface area contributed by atoms with Crippen molar-refractivity contribution in [2.24, 2.45) is 11.1 Å². The van der Waals surface area contributed by atoms with E-state index in [0.717, 1.165) is 0 Å². The molecule has 0 radical (unpaired) electrons. The SMILES string of the molecule is CC1(C(=O)N2CCS(=O)(=O)CC2)COCC1N. The van der Waals surface area contributed by atoms with E-state index < -0.39 is 15.3 Å². The lowest BCUT2D eigenvalue weighted by Gasteiger charge is -2.35. The van der Waals surface area contributed by atoms with Gasteiger partial charge in [0.15, 0.2) is 9.84 Å². The van der Waals surface area contributed by atoms with Crippen LogP contribution in [0, 0.1) is 5.41 Å². The maximum atomic E-state index is 12.3. The predicted octanol–water partition coefficient (Wildman–Crippen LogP) is -1.39. The first-order valence-corrected chi connectivity index (χ1v) is 7.50. The van der Waals surface area contributed by atoms with Crippen LogP contribution in [0.2, 0.25) is 0 Å². The summed E-state index contributed by atoms with van der Waals surface area (Å²) in [5, 5.41) is 0. The number of sulfone groups is 1. The van der Waals surface area contributed by atoms with Crippen LogP contribution in [0.15, 0.2) is 0 Å². The second-order valence-electron chi connectivity index (χ2n) is 4.98. The third-order valence-corrected chi connectivity index (χ3v) is 5.25. The summed E-state index contributed by atoms with van der Waals surface area (Å²) in [7, 11) is -2.96. The Hall–Kier alpha value is -0.660. The monoisotopic (exact) mass is 262 g/mol. The van der Waals surface area contributed by atoms with Crippen LogP contribution >= 0.6 is 0 Å². The van der Waals surface area contributed by atoms with Crippen molar-refractivity contribution in [1.29, 1.82) is 0 Å². The van der Waals surface area contributed by atoms with Crippen molar-refractivity contribution in [2.75, 3.05) is 37.8 Å². The first kappa shape index (κ1) is 12.8. The summed E-state index contributed by atoms with van der Waals surface area (Å²) in [4.78, 5) is 13.9. The van der Waals surface area contributed by atoms with E-state index in [1.807, 2.05) is 0 Å². The fourth-order valence-corrected chi connectivity index (χ4v) is 3.39. The van der Waals surface area contributed by atoms with Crippen LogP contribution in [0.3, 0.4) is 0 Å². The van der Waals surface area contributed by atoms with Gasteiger partial charge in [0.05, 0.1) is 30.1 Å². The minimum atomic E-state index is -2.96. The van der Waals surface area contributed by atoms with E-state index in [2.05, 4.69) is 0 Å². The summed E-state index contributed by atoms with van der Waals surface area (Å²) in [6.45, 7) is 3.02. The summed E-state index contributed by atoms with van der Waals surface area (Å²) in [5.41, 5.74) is 5.18. The summed E-state index contributed by atoms with van der Waals surface area (Å²) >= 11 is 0. The van der Waals surface area contributed by atoms with Gasteiger partial charge < -0.3 is 15.4 Å². The zero-order valence-corrected chi connectivity index (χ0v) is 10.7. The number of ether oxygens (including phenoxy) is 1. The molecular formula is C10H18N2O4S. The molecule has 2 aliphatic rings. The fraction of sp³-hybridized carbons (Fsp3) is 0.900. The maximum Gasteiger partial charge on any atom is 0.232 e. The molecule has 0 aromatic carbocycles. The summed E-state index contributed by atoms with van der Waals surface area (Å²) in [6.07, 6.45) is 0. The van der Waals surface area contributed by atoms with Gasteiger partial charge in [-0.1, -0.05) is 0 Å². The second kappa shape index (κ2) is 4.22. The number of carbonyl (C=O) groups is 1. The van der Waals surface area contributed by atoms with E-state index >= 15 is 0 Å². The van der Waals surface area contributed by atoms with Crippen LogP contribution < -0.4 is 5.73 Å². The van der Waals surface area contributed by atoms with Crippen molar-refractivity contribution in [1.82, 2.24) is 4.90 Å². The molecule has 0 aromatic heterocycles. The highest BCUT2D eigenvalue weighted by atomic mass is 32.2. The molecule has 2 aliphatic heterocycles. The molecule has 2 fully saturated rings. The highest BCUT2D eigenvalue weighted by molar-refractivity contribution is 7.91. The molecule has 0 spiro atoms. The molecule has 0 saturated carbocycles. The Morgan fingerprint density at radius 1 is 1.41 bits per heavy atom. The number of hydrogen-bond donors (Lipinski definition) is 1. The molecule has 0 aromatic rings. The summed E-state index contributed by atoms with van der Waals surface area (Å²) in [6, 6.07) is -0.312. The van der Waals surface area contributed by atoms with Gasteiger partial charge in [0.1, 0.15) is 0 Å². The standard InChI is InChI=1S/C10H18N2O4S/c1-10(7-16-6-8(10)11)9(13)12-2-4-17(14,15)5-3-12/h8H,2-7,11H2,1H3. The van der Waals surface area contributed by atoms with Crippen molar-refractivity contribution in [2.45, 2.75) is 13.0 Å². The van der Waals surface area contributed by atoms with Gasteiger partial charge in [0.2, 0.25) is 5.91 Å². The molecule has 2 saturated heterocycles. The van der Waals surface area contributed by atoms with Gasteiger partial charge in [-0.2, -0.15) is 0 Å². The number of nitrogens with two attached hydrogens (primary N) is 1. The highest BCUT2D eigenvalue weighted by Crippen LogP contribution is 2.29. The van der Waals surface area contributed by atoms with E-state index in [1.54, 1.807) is 11.8 Å². The van der Waals surface area contributed by atoms with E-state index in [-0.39, 0.29) is 36.5 Å². The van der Waals surface area contributed by atoms with Crippen molar-refractivity contribution < 1.29 is 17.9 Å². The van der Waals surface area contributed by atoms with E-state index in [4.69, 9.17) is 10.5 Å². The Balaban J connectivity index is 2.06. The zero-order chi connectivity index (χ0) is 12.7. The summed E-state index contributed by atoms with van der Waals surface area (Å²) in [5.74, 6) is 0.00735. The topological polar surface area (TPSA) is 89.7 Å². The number of nitrogens with zero attached hydrogens (tertiary/aromatic N) is 1. The Bertz CT molecular complexity index is 408. The van der Waals surface area contributed by atoms with Crippen LogP contribution in [-0.2, 0) is 19.4 Å². The van der Waals surface area contributed by atoms with Crippen molar-refractivity contribution in [3.63, 3.8) is 0 Å². The van der Waals surface area contributed by atoms with Gasteiger partial charge in [-0.3, -0.25) is 4.79 Å². The van der Waals surface area contributed by atoms with Crippen LogP contribution in [0.5, 0.6) is 0 Å². The van der Waals surface area contributed by atoms with Crippen LogP contribution in [0.1, 0.15) is 6.92 Å². The lowest BCUT2D eigenvalue weighted by Crippen LogP contribution is -2.55. The first-order valence-electron chi connectivity index (χ1n) is 5.68.